The van der Waals surface area contributed by atoms with E-state index in [0.29, 0.717) is 5.56 Å². The minimum Gasteiger partial charge on any atom is -0.207 e. The van der Waals surface area contributed by atoms with E-state index < -0.39 is 17.9 Å². The third-order valence-electron chi connectivity index (χ3n) is 5.22. The molecule has 0 nitrogen and oxygen atoms in total. The molecule has 0 aromatic heterocycles. The molecule has 0 radical (unpaired) electrons. The van der Waals surface area contributed by atoms with Crippen molar-refractivity contribution in [2.45, 2.75) is 51.9 Å². The minimum atomic E-state index is -1.09. The van der Waals surface area contributed by atoms with Crippen molar-refractivity contribution in [2.24, 2.45) is 11.8 Å². The Bertz CT molecular complexity index is 764. The topological polar surface area (TPSA) is 0 Å². The predicted molar refractivity (Wildman–Crippen MR) is 95.9 cm³/mol. The fourth-order valence-corrected chi connectivity index (χ4v) is 3.58. The first-order chi connectivity index (χ1) is 12.9. The van der Waals surface area contributed by atoms with Crippen LogP contribution in [0.3, 0.4) is 0 Å². The van der Waals surface area contributed by atoms with Crippen LogP contribution in [0, 0.1) is 17.7 Å². The van der Waals surface area contributed by atoms with Gasteiger partial charge in [-0.25, -0.2) is 4.39 Å². The molecule has 1 aliphatic carbocycles. The Morgan fingerprint density at radius 3 is 2.13 bits per heavy atom. The molecule has 0 heterocycles. The summed E-state index contributed by atoms with van der Waals surface area (Å²) in [6, 6.07) is 5.75. The van der Waals surface area contributed by atoms with Crippen LogP contribution in [-0.4, -0.2) is 0 Å². The van der Waals surface area contributed by atoms with Gasteiger partial charge in [0.15, 0.2) is 0 Å². The van der Waals surface area contributed by atoms with E-state index >= 15 is 0 Å². The number of rotatable bonds is 5. The van der Waals surface area contributed by atoms with Crippen LogP contribution < -0.4 is 0 Å². The second-order valence-corrected chi connectivity index (χ2v) is 6.72. The van der Waals surface area contributed by atoms with Gasteiger partial charge >= 0.3 is 0 Å². The highest BCUT2D eigenvalue weighted by Crippen LogP contribution is 2.33. The van der Waals surface area contributed by atoms with Crippen molar-refractivity contribution in [2.75, 3.05) is 0 Å². The molecule has 1 saturated carbocycles. The van der Waals surface area contributed by atoms with E-state index in [0.717, 1.165) is 18.3 Å². The zero-order valence-corrected chi connectivity index (χ0v) is 13.8. The molecule has 0 aliphatic heterocycles. The minimum absolute atomic E-state index is 0.163. The highest BCUT2D eigenvalue weighted by Gasteiger charge is 2.19. The second kappa shape index (κ2) is 7.77. The van der Waals surface area contributed by atoms with Gasteiger partial charge in [-0.1, -0.05) is 75.4 Å². The van der Waals surface area contributed by atoms with Crippen molar-refractivity contribution >= 4 is 0 Å². The van der Waals surface area contributed by atoms with Gasteiger partial charge in [0.1, 0.15) is 5.82 Å². The van der Waals surface area contributed by atoms with E-state index in [9.17, 15) is 4.39 Å². The van der Waals surface area contributed by atoms with Gasteiger partial charge in [0.05, 0.1) is 5.48 Å². The molecule has 0 N–H and O–H groups in total. The lowest BCUT2D eigenvalue weighted by Gasteiger charge is -2.27. The first-order valence-corrected chi connectivity index (χ1v) is 8.77. The third kappa shape index (κ3) is 4.43. The number of aryl methyl sites for hydroxylation is 1. The van der Waals surface area contributed by atoms with Crippen LogP contribution in [0.5, 0.6) is 0 Å². The maximum absolute atomic E-state index is 13.7. The van der Waals surface area contributed by atoms with Gasteiger partial charge in [-0.3, -0.25) is 0 Å². The summed E-state index contributed by atoms with van der Waals surface area (Å²) < 4.78 is 45.0. The summed E-state index contributed by atoms with van der Waals surface area (Å²) in [5.74, 6) is 0.627. The van der Waals surface area contributed by atoms with Crippen molar-refractivity contribution in [3.8, 4) is 11.1 Å². The molecule has 0 spiro atoms. The Kier molecular flexibility index (Phi) is 4.00. The lowest BCUT2D eigenvalue weighted by Crippen LogP contribution is -2.14. The van der Waals surface area contributed by atoms with Gasteiger partial charge < -0.3 is 0 Å². The molecular weight excluding hydrogens is 283 g/mol. The Labute approximate surface area is 145 Å². The quantitative estimate of drug-likeness (QED) is 0.580. The average molecular weight is 314 g/mol. The molecule has 0 atom stereocenters. The first-order valence-electron chi connectivity index (χ1n) is 10.8. The second-order valence-electron chi connectivity index (χ2n) is 6.72. The number of benzene rings is 2. The van der Waals surface area contributed by atoms with Crippen LogP contribution >= 0.6 is 0 Å². The fraction of sp³-hybridized carbons (Fsp3) is 0.455. The zero-order chi connectivity index (χ0) is 19.6. The molecule has 0 saturated heterocycles. The average Bonchev–Trinajstić information content (AvgIpc) is 2.70. The van der Waals surface area contributed by atoms with E-state index in [1.54, 1.807) is 0 Å². The van der Waals surface area contributed by atoms with Crippen molar-refractivity contribution in [1.82, 2.24) is 0 Å². The number of hydrogen-bond donors (Lipinski definition) is 0. The van der Waals surface area contributed by atoms with Crippen LogP contribution in [0.2, 0.25) is 0 Å². The van der Waals surface area contributed by atoms with Crippen molar-refractivity contribution in [3.05, 3.63) is 59.8 Å². The summed E-state index contributed by atoms with van der Waals surface area (Å²) in [6.45, 7) is 2.28. The largest absolute Gasteiger partial charge is 0.207 e. The molecule has 1 aliphatic rings. The maximum Gasteiger partial charge on any atom is 0.123 e. The fourth-order valence-electron chi connectivity index (χ4n) is 3.58. The van der Waals surface area contributed by atoms with E-state index in [2.05, 4.69) is 6.92 Å². The van der Waals surface area contributed by atoms with Crippen molar-refractivity contribution < 1.29 is 9.87 Å². The van der Waals surface area contributed by atoms with Crippen LogP contribution in [0.4, 0.5) is 4.39 Å². The Morgan fingerprint density at radius 2 is 1.52 bits per heavy atom. The summed E-state index contributed by atoms with van der Waals surface area (Å²) in [7, 11) is 0. The third-order valence-corrected chi connectivity index (χ3v) is 5.22. The van der Waals surface area contributed by atoms with Gasteiger partial charge in [-0.05, 0) is 53.5 Å². The van der Waals surface area contributed by atoms with E-state index in [-0.39, 0.29) is 17.6 Å². The zero-order valence-electron chi connectivity index (χ0n) is 17.8. The Morgan fingerprint density at radius 1 is 0.913 bits per heavy atom. The summed E-state index contributed by atoms with van der Waals surface area (Å²) in [4.78, 5) is 0. The monoisotopic (exact) mass is 314 g/mol. The normalized spacial score (nSPS) is 23.7. The number of hydrogen-bond acceptors (Lipinski definition) is 0. The SMILES string of the molecule is [2H]c1c([2H])c(-c2ccc(CCC3CCC(CC)CC3)cc2)c([2H])c([2H])c1F. The maximum atomic E-state index is 13.7. The number of halogens is 1. The summed E-state index contributed by atoms with van der Waals surface area (Å²) in [6.07, 6.45) is 8.87. The van der Waals surface area contributed by atoms with Gasteiger partial charge in [-0.2, -0.15) is 0 Å². The van der Waals surface area contributed by atoms with Gasteiger partial charge in [-0.15, -0.1) is 0 Å². The molecule has 2 aromatic carbocycles. The van der Waals surface area contributed by atoms with Gasteiger partial charge in [0.25, 0.3) is 0 Å². The molecule has 23 heavy (non-hydrogen) atoms. The van der Waals surface area contributed by atoms with Crippen molar-refractivity contribution in [3.63, 3.8) is 0 Å². The summed E-state index contributed by atoms with van der Waals surface area (Å²) in [5.41, 5.74) is 1.98. The van der Waals surface area contributed by atoms with Crippen LogP contribution in [0.15, 0.2) is 48.4 Å². The Hall–Kier alpha value is -1.63. The molecular formula is C22H27F. The molecule has 0 unspecified atom stereocenters. The van der Waals surface area contributed by atoms with Crippen LogP contribution in [0.1, 0.15) is 56.5 Å². The first kappa shape index (κ1) is 11.8. The molecule has 3 rings (SSSR count). The van der Waals surface area contributed by atoms with Crippen LogP contribution in [0.25, 0.3) is 11.1 Å². The summed E-state index contributed by atoms with van der Waals surface area (Å²) >= 11 is 0. The van der Waals surface area contributed by atoms with E-state index in [1.165, 1.54) is 44.1 Å². The molecule has 1 fully saturated rings. The van der Waals surface area contributed by atoms with Crippen LogP contribution in [-0.2, 0) is 6.42 Å². The smallest absolute Gasteiger partial charge is 0.123 e. The van der Waals surface area contributed by atoms with Gasteiger partial charge in [0.2, 0.25) is 0 Å². The Balaban J connectivity index is 1.70. The molecule has 0 amide bonds. The lowest BCUT2D eigenvalue weighted by atomic mass is 9.78. The highest BCUT2D eigenvalue weighted by molar-refractivity contribution is 5.63. The molecule has 122 valence electrons. The molecule has 1 heteroatoms. The summed E-state index contributed by atoms with van der Waals surface area (Å²) in [5, 5.41) is 0. The van der Waals surface area contributed by atoms with Crippen molar-refractivity contribution in [1.29, 1.82) is 0 Å². The molecule has 0 bridgehead atoms. The molecule has 2 aromatic rings. The lowest BCUT2D eigenvalue weighted by molar-refractivity contribution is 0.259. The van der Waals surface area contributed by atoms with E-state index in [1.807, 2.05) is 24.3 Å². The van der Waals surface area contributed by atoms with Gasteiger partial charge in [0, 0.05) is 0 Å². The van der Waals surface area contributed by atoms with E-state index in [4.69, 9.17) is 5.48 Å². The standard InChI is InChI=1S/C22H27F/c1-2-17-3-5-18(6-4-17)7-8-19-9-11-20(12-10-19)21-13-15-22(23)16-14-21/h9-18H,2-8H2,1H3/i13D,14D,15D,16D. The highest BCUT2D eigenvalue weighted by atomic mass is 19.1. The predicted octanol–water partition coefficient (Wildman–Crippen LogP) is 6.64.